The summed E-state index contributed by atoms with van der Waals surface area (Å²) in [5, 5.41) is 16.3. The summed E-state index contributed by atoms with van der Waals surface area (Å²) in [6.07, 6.45) is 3.61. The third-order valence-corrected chi connectivity index (χ3v) is 17.3. The zero-order chi connectivity index (χ0) is 68.3. The van der Waals surface area contributed by atoms with Gasteiger partial charge in [0, 0.05) is 101 Å². The Morgan fingerprint density at radius 2 is 1.56 bits per heavy atom. The van der Waals surface area contributed by atoms with E-state index in [2.05, 4.69) is 31.9 Å². The van der Waals surface area contributed by atoms with Gasteiger partial charge >= 0.3 is 18.1 Å². The average Bonchev–Trinajstić information content (AvgIpc) is 1.67. The smallest absolute Gasteiger partial charge is 0.408 e. The van der Waals surface area contributed by atoms with Gasteiger partial charge in [0.2, 0.25) is 23.6 Å². The second kappa shape index (κ2) is 34.3. The number of aromatic nitrogens is 2. The molecule has 25 nitrogen and oxygen atoms in total. The number of alkyl halides is 1. The van der Waals surface area contributed by atoms with Crippen molar-refractivity contribution >= 4 is 65.1 Å². The predicted molar refractivity (Wildman–Crippen MR) is 340 cm³/mol. The number of imide groups is 1. The summed E-state index contributed by atoms with van der Waals surface area (Å²) in [5.74, 6) is -7.02. The highest BCUT2D eigenvalue weighted by Gasteiger charge is 2.44. The number of halogens is 3. The zero-order valence-electron chi connectivity index (χ0n) is 53.8. The number of anilines is 1. The van der Waals surface area contributed by atoms with Crippen LogP contribution in [0.5, 0.6) is 0 Å². The minimum absolute atomic E-state index is 0.0571. The standard InChI is InChI=1S/C67H85F3N12O13/c1-40(2)58(78-55(83)17-9-6-10-29-81-56(84)24-25-57(81)85)62(87)77-52(15-11-28-73-66(71)91)61(86)75-48-21-18-44(19-22-48)39-94-67(92)74-41(3)63(88)80-30-12-16-54(80)65(90)95-42(4)64(89)82(37-46-34-72-35-51(46)70)59(45-26-31-93-32-27-45)60-76-53(49-33-47(68)20-23-50(49)69)38-79(60)36-43-13-7-5-8-14-43/h5,7-8,13-14,18-25,33,38,40-42,45-46,51-52,54,58-59,72H,6,9-12,15-17,26-32,34-37,39H2,1-4H3,(H,74,92)(H,75,86)(H,77,87)(H,78,83)(H3,71,73,91)/t41-,42+,46+,51+,52+,54+,58+,59-/m1/s1. The third kappa shape index (κ3) is 19.9. The number of urea groups is 1. The van der Waals surface area contributed by atoms with Gasteiger partial charge in [-0.15, -0.1) is 0 Å². The van der Waals surface area contributed by atoms with E-state index >= 15 is 13.6 Å². The van der Waals surface area contributed by atoms with Crippen LogP contribution in [0.2, 0.25) is 0 Å². The Morgan fingerprint density at radius 3 is 2.24 bits per heavy atom. The molecule has 1 aromatic heterocycles. The molecule has 5 heterocycles. The average molecular weight is 1320 g/mol. The number of hydrogen-bond acceptors (Lipinski definition) is 15. The maximum Gasteiger partial charge on any atom is 0.408 e. The molecule has 8 atom stereocenters. The summed E-state index contributed by atoms with van der Waals surface area (Å²) in [6, 6.07) is 12.5. The molecule has 4 aliphatic heterocycles. The third-order valence-electron chi connectivity index (χ3n) is 17.3. The van der Waals surface area contributed by atoms with Gasteiger partial charge in [0.15, 0.2) is 6.10 Å². The number of benzene rings is 3. The fourth-order valence-corrected chi connectivity index (χ4v) is 12.1. The van der Waals surface area contributed by atoms with Crippen LogP contribution in [0, 0.1) is 29.4 Å². The van der Waals surface area contributed by atoms with Gasteiger partial charge in [-0.05, 0) is 119 Å². The van der Waals surface area contributed by atoms with Crippen molar-refractivity contribution in [1.29, 1.82) is 0 Å². The van der Waals surface area contributed by atoms with Crippen molar-refractivity contribution in [1.82, 2.24) is 50.8 Å². The number of nitrogens with two attached hydrogens (primary N) is 1. The van der Waals surface area contributed by atoms with Gasteiger partial charge in [0.1, 0.15) is 54.4 Å². The van der Waals surface area contributed by atoms with Crippen LogP contribution >= 0.6 is 0 Å². The molecule has 4 aliphatic rings. The van der Waals surface area contributed by atoms with E-state index in [0.717, 1.165) is 28.7 Å². The van der Waals surface area contributed by atoms with Crippen molar-refractivity contribution in [3.05, 3.63) is 120 Å². The SMILES string of the molecule is CC(C)[C@H](NC(=O)CCCCCN1C(=O)C=CC1=O)C(=O)N[C@@H](CCCNC(N)=O)C(=O)Nc1ccc(COC(=O)N[C@H](C)C(=O)N2CCC[C@H]2C(=O)O[C@@H](C)C(=O)N(C[C@@H]2CNC[C@@H]2F)[C@@H](c2nc(-c3cc(F)ccc3F)cn2Cc2ccccc2)C2CCOCC2)cc1. The van der Waals surface area contributed by atoms with E-state index < -0.39 is 108 Å². The Morgan fingerprint density at radius 1 is 0.832 bits per heavy atom. The lowest BCUT2D eigenvalue weighted by molar-refractivity contribution is -0.166. The number of nitrogens with zero attached hydrogens (tertiary/aromatic N) is 5. The lowest BCUT2D eigenvalue weighted by atomic mass is 9.88. The number of likely N-dealkylation sites (tertiary alicyclic amines) is 1. The molecule has 0 aliphatic carbocycles. The van der Waals surface area contributed by atoms with E-state index in [1.165, 1.54) is 47.9 Å². The molecule has 3 fully saturated rings. The molecular formula is C67H85F3N12O13. The Kier molecular flexibility index (Phi) is 25.9. The van der Waals surface area contributed by atoms with Crippen LogP contribution in [0.1, 0.15) is 115 Å². The van der Waals surface area contributed by atoms with Crippen LogP contribution in [-0.4, -0.2) is 173 Å². The Balaban J connectivity index is 0.864. The number of alkyl carbamates (subject to hydrolysis) is 1. The van der Waals surface area contributed by atoms with Crippen LogP contribution in [0.25, 0.3) is 11.3 Å². The first-order chi connectivity index (χ1) is 45.5. The lowest BCUT2D eigenvalue weighted by Gasteiger charge is -2.40. The number of carbonyl (C=O) groups is 10. The molecule has 95 heavy (non-hydrogen) atoms. The van der Waals surface area contributed by atoms with Crippen LogP contribution < -0.4 is 37.6 Å². The quantitative estimate of drug-likeness (QED) is 0.0187. The molecule has 0 bridgehead atoms. The van der Waals surface area contributed by atoms with Gasteiger partial charge in [0.25, 0.3) is 17.7 Å². The lowest BCUT2D eigenvalue weighted by Crippen LogP contribution is -2.54. The van der Waals surface area contributed by atoms with E-state index in [-0.39, 0.29) is 113 Å². The molecular weight excluding hydrogens is 1240 g/mol. The number of amides is 10. The highest BCUT2D eigenvalue weighted by molar-refractivity contribution is 6.12. The Hall–Kier alpha value is -9.18. The molecule has 28 heteroatoms. The highest BCUT2D eigenvalue weighted by atomic mass is 19.1. The second-order valence-electron chi connectivity index (χ2n) is 24.7. The summed E-state index contributed by atoms with van der Waals surface area (Å²) in [6.45, 7) is 7.56. The van der Waals surface area contributed by atoms with Crippen LogP contribution in [0.15, 0.2) is 91.1 Å². The van der Waals surface area contributed by atoms with Gasteiger partial charge in [-0.2, -0.15) is 0 Å². The summed E-state index contributed by atoms with van der Waals surface area (Å²) < 4.78 is 65.0. The number of primary amides is 1. The molecule has 0 spiro atoms. The normalized spacial score (nSPS) is 18.8. The summed E-state index contributed by atoms with van der Waals surface area (Å²) in [4.78, 5) is 141. The van der Waals surface area contributed by atoms with Gasteiger partial charge in [0.05, 0.1) is 11.7 Å². The topological polar surface area (TPSA) is 324 Å². The van der Waals surface area contributed by atoms with Gasteiger partial charge < -0.3 is 66.2 Å². The molecule has 8 rings (SSSR count). The first kappa shape index (κ1) is 71.7. The minimum atomic E-state index is -1.47. The van der Waals surface area contributed by atoms with E-state index in [1.54, 1.807) is 36.7 Å². The number of nitrogens with one attached hydrogen (secondary N) is 6. The first-order valence-corrected chi connectivity index (χ1v) is 32.3. The number of imidazole rings is 1. The molecule has 0 unspecified atom stereocenters. The Bertz CT molecular complexity index is 3390. The maximum atomic E-state index is 15.7. The number of carbonyl (C=O) groups excluding carboxylic acids is 10. The van der Waals surface area contributed by atoms with Crippen molar-refractivity contribution in [2.24, 2.45) is 23.5 Å². The summed E-state index contributed by atoms with van der Waals surface area (Å²) in [5.41, 5.74) is 6.88. The number of unbranched alkanes of at least 4 members (excludes halogenated alkanes) is 2. The maximum absolute atomic E-state index is 15.7. The van der Waals surface area contributed by atoms with E-state index in [1.807, 2.05) is 30.3 Å². The van der Waals surface area contributed by atoms with E-state index in [0.29, 0.717) is 68.8 Å². The van der Waals surface area contributed by atoms with Crippen LogP contribution in [0.4, 0.5) is 28.4 Å². The molecule has 0 radical (unpaired) electrons. The first-order valence-electron chi connectivity index (χ1n) is 32.3. The number of ether oxygens (including phenoxy) is 3. The van der Waals surface area contributed by atoms with E-state index in [4.69, 9.17) is 24.9 Å². The van der Waals surface area contributed by atoms with Crippen molar-refractivity contribution in [2.45, 2.75) is 148 Å². The Labute approximate surface area is 549 Å². The van der Waals surface area contributed by atoms with Gasteiger partial charge in [-0.3, -0.25) is 38.5 Å². The second-order valence-corrected chi connectivity index (χ2v) is 24.7. The minimum Gasteiger partial charge on any atom is -0.451 e. The molecule has 4 aromatic rings. The van der Waals surface area contributed by atoms with Gasteiger partial charge in [-0.1, -0.05) is 62.7 Å². The molecule has 3 saturated heterocycles. The highest BCUT2D eigenvalue weighted by Crippen LogP contribution is 2.39. The largest absolute Gasteiger partial charge is 0.451 e. The number of hydrogen-bond donors (Lipinski definition) is 7. The number of esters is 1. The van der Waals surface area contributed by atoms with Gasteiger partial charge in [-0.25, -0.2) is 32.5 Å². The van der Waals surface area contributed by atoms with Crippen molar-refractivity contribution < 1.29 is 75.3 Å². The van der Waals surface area contributed by atoms with Crippen molar-refractivity contribution in [3.8, 4) is 11.3 Å². The fourth-order valence-electron chi connectivity index (χ4n) is 12.1. The molecule has 512 valence electrons. The molecule has 10 amide bonds. The van der Waals surface area contributed by atoms with Crippen LogP contribution in [0.3, 0.4) is 0 Å². The summed E-state index contributed by atoms with van der Waals surface area (Å²) in [7, 11) is 0. The number of rotatable bonds is 31. The zero-order valence-corrected chi connectivity index (χ0v) is 53.8. The summed E-state index contributed by atoms with van der Waals surface area (Å²) >= 11 is 0. The molecule has 0 saturated carbocycles. The van der Waals surface area contributed by atoms with Crippen LogP contribution in [-0.2, 0) is 65.7 Å². The monoisotopic (exact) mass is 1320 g/mol. The molecule has 8 N–H and O–H groups in total. The molecule has 3 aromatic carbocycles. The fraction of sp³-hybridized carbons (Fsp3) is 0.507. The van der Waals surface area contributed by atoms with Crippen molar-refractivity contribution in [2.75, 3.05) is 57.8 Å². The van der Waals surface area contributed by atoms with Crippen molar-refractivity contribution in [3.63, 3.8) is 0 Å². The van der Waals surface area contributed by atoms with E-state index in [9.17, 15) is 47.5 Å². The predicted octanol–water partition coefficient (Wildman–Crippen LogP) is 5.47.